The van der Waals surface area contributed by atoms with Gasteiger partial charge in [0.05, 0.1) is 18.8 Å². The Labute approximate surface area is 149 Å². The van der Waals surface area contributed by atoms with Crippen LogP contribution in [0.4, 0.5) is 5.69 Å². The number of β-amino-alcohol motifs (C(OH)–C–C–N with tert-alkyl or cyclic N) is 1. The molecule has 1 saturated carbocycles. The zero-order chi connectivity index (χ0) is 16.1. The van der Waals surface area contributed by atoms with Gasteiger partial charge in [0.1, 0.15) is 5.75 Å². The first-order valence-corrected chi connectivity index (χ1v) is 8.66. The van der Waals surface area contributed by atoms with Gasteiger partial charge in [0.2, 0.25) is 5.91 Å². The summed E-state index contributed by atoms with van der Waals surface area (Å²) in [4.78, 5) is 12.1. The van der Waals surface area contributed by atoms with Crippen molar-refractivity contribution < 1.29 is 14.6 Å². The Bertz CT molecular complexity index is 518. The molecule has 1 amide bonds. The number of carbonyl (C=O) groups is 1. The third-order valence-electron chi connectivity index (χ3n) is 4.76. The summed E-state index contributed by atoms with van der Waals surface area (Å²) in [6.07, 6.45) is 6.59. The lowest BCUT2D eigenvalue weighted by molar-refractivity contribution is -0.117. The van der Waals surface area contributed by atoms with Crippen LogP contribution in [0.5, 0.6) is 5.75 Å². The quantitative estimate of drug-likeness (QED) is 0.760. The van der Waals surface area contributed by atoms with E-state index in [2.05, 4.69) is 10.6 Å². The van der Waals surface area contributed by atoms with Crippen molar-refractivity contribution in [1.82, 2.24) is 5.32 Å². The zero-order valence-electron chi connectivity index (χ0n) is 13.9. The van der Waals surface area contributed by atoms with Crippen molar-refractivity contribution in [3.05, 3.63) is 24.3 Å². The maximum absolute atomic E-state index is 12.1. The molecule has 2 aliphatic rings. The van der Waals surface area contributed by atoms with Crippen LogP contribution in [0.2, 0.25) is 0 Å². The van der Waals surface area contributed by atoms with Gasteiger partial charge in [-0.3, -0.25) is 4.79 Å². The van der Waals surface area contributed by atoms with E-state index in [0.717, 1.165) is 18.0 Å². The molecular formula is C18H27ClN2O3. The molecule has 2 atom stereocenters. The number of anilines is 1. The van der Waals surface area contributed by atoms with Gasteiger partial charge in [-0.05, 0) is 49.4 Å². The number of carbonyl (C=O) groups excluding carboxylic acids is 1. The van der Waals surface area contributed by atoms with E-state index in [1.807, 2.05) is 24.3 Å². The Hall–Kier alpha value is -1.30. The number of hydrogen-bond donors (Lipinski definition) is 3. The first-order valence-electron chi connectivity index (χ1n) is 8.66. The summed E-state index contributed by atoms with van der Waals surface area (Å²) in [7, 11) is 0. The molecule has 0 bridgehead atoms. The molecule has 1 saturated heterocycles. The predicted molar refractivity (Wildman–Crippen MR) is 96.8 cm³/mol. The van der Waals surface area contributed by atoms with Crippen LogP contribution in [0.1, 0.15) is 38.5 Å². The second-order valence-corrected chi connectivity index (χ2v) is 6.68. The van der Waals surface area contributed by atoms with Crippen molar-refractivity contribution in [2.75, 3.05) is 18.5 Å². The van der Waals surface area contributed by atoms with E-state index in [0.29, 0.717) is 18.9 Å². The molecular weight excluding hydrogens is 328 g/mol. The van der Waals surface area contributed by atoms with E-state index in [1.165, 1.54) is 32.1 Å². The largest absolute Gasteiger partial charge is 0.493 e. The van der Waals surface area contributed by atoms with E-state index in [4.69, 9.17) is 4.74 Å². The second-order valence-electron chi connectivity index (χ2n) is 6.68. The third kappa shape index (κ3) is 5.36. The average molecular weight is 355 g/mol. The molecule has 1 aromatic carbocycles. The van der Waals surface area contributed by atoms with Crippen LogP contribution in [0.25, 0.3) is 0 Å². The molecule has 1 aliphatic heterocycles. The number of rotatable bonds is 5. The lowest BCUT2D eigenvalue weighted by Crippen LogP contribution is -2.35. The molecule has 5 nitrogen and oxygen atoms in total. The summed E-state index contributed by atoms with van der Waals surface area (Å²) in [6, 6.07) is 7.20. The van der Waals surface area contributed by atoms with Gasteiger partial charge in [-0.25, -0.2) is 0 Å². The van der Waals surface area contributed by atoms with Crippen LogP contribution in [0.3, 0.4) is 0 Å². The molecule has 6 heteroatoms. The highest BCUT2D eigenvalue weighted by atomic mass is 35.5. The van der Waals surface area contributed by atoms with Gasteiger partial charge in [-0.1, -0.05) is 19.3 Å². The first-order chi connectivity index (χ1) is 11.2. The summed E-state index contributed by atoms with van der Waals surface area (Å²) < 4.78 is 5.86. The SMILES string of the molecule is Cl.O=C(Nc1ccc(OCC2CCCCC2)cc1)C1CC(O)CN1. The Kier molecular flexibility index (Phi) is 7.34. The van der Waals surface area contributed by atoms with Crippen molar-refractivity contribution in [3.63, 3.8) is 0 Å². The standard InChI is InChI=1S/C18H26N2O3.ClH/c21-15-10-17(19-11-15)18(22)20-14-6-8-16(9-7-14)23-12-13-4-2-1-3-5-13;/h6-9,13,15,17,19,21H,1-5,10-12H2,(H,20,22);1H. The van der Waals surface area contributed by atoms with Crippen LogP contribution in [-0.4, -0.2) is 36.3 Å². The molecule has 2 fully saturated rings. The number of aliphatic hydroxyl groups excluding tert-OH is 1. The monoisotopic (exact) mass is 354 g/mol. The maximum atomic E-state index is 12.1. The van der Waals surface area contributed by atoms with Crippen molar-refractivity contribution in [1.29, 1.82) is 0 Å². The lowest BCUT2D eigenvalue weighted by Gasteiger charge is -2.21. The highest BCUT2D eigenvalue weighted by Crippen LogP contribution is 2.25. The molecule has 0 spiro atoms. The minimum atomic E-state index is -0.429. The predicted octanol–water partition coefficient (Wildman–Crippen LogP) is 2.73. The van der Waals surface area contributed by atoms with Gasteiger partial charge < -0.3 is 20.5 Å². The molecule has 2 unspecified atom stereocenters. The number of ether oxygens (including phenoxy) is 1. The summed E-state index contributed by atoms with van der Waals surface area (Å²) >= 11 is 0. The minimum Gasteiger partial charge on any atom is -0.493 e. The fourth-order valence-corrected chi connectivity index (χ4v) is 3.35. The molecule has 0 aromatic heterocycles. The van der Waals surface area contributed by atoms with Crippen LogP contribution in [0.15, 0.2) is 24.3 Å². The van der Waals surface area contributed by atoms with E-state index < -0.39 is 6.10 Å². The average Bonchev–Trinajstić information content (AvgIpc) is 3.02. The molecule has 1 aromatic rings. The maximum Gasteiger partial charge on any atom is 0.241 e. The minimum absolute atomic E-state index is 0. The number of hydrogen-bond acceptors (Lipinski definition) is 4. The zero-order valence-corrected chi connectivity index (χ0v) is 14.7. The van der Waals surface area contributed by atoms with Crippen molar-refractivity contribution >= 4 is 24.0 Å². The van der Waals surface area contributed by atoms with Gasteiger partial charge >= 0.3 is 0 Å². The molecule has 24 heavy (non-hydrogen) atoms. The molecule has 3 rings (SSSR count). The summed E-state index contributed by atoms with van der Waals surface area (Å²) in [5.74, 6) is 1.43. The van der Waals surface area contributed by atoms with Crippen LogP contribution >= 0.6 is 12.4 Å². The van der Waals surface area contributed by atoms with Crippen molar-refractivity contribution in [2.45, 2.75) is 50.7 Å². The van der Waals surface area contributed by atoms with Gasteiger partial charge in [0, 0.05) is 12.2 Å². The third-order valence-corrected chi connectivity index (χ3v) is 4.76. The first kappa shape index (κ1) is 19.0. The number of nitrogens with one attached hydrogen (secondary N) is 2. The van der Waals surface area contributed by atoms with Crippen LogP contribution in [-0.2, 0) is 4.79 Å². The normalized spacial score (nSPS) is 24.2. The Balaban J connectivity index is 0.00000208. The smallest absolute Gasteiger partial charge is 0.241 e. The van der Waals surface area contributed by atoms with Gasteiger partial charge in [-0.15, -0.1) is 12.4 Å². The number of halogens is 1. The Morgan fingerprint density at radius 1 is 1.21 bits per heavy atom. The van der Waals surface area contributed by atoms with E-state index in [9.17, 15) is 9.90 Å². The van der Waals surface area contributed by atoms with Gasteiger partial charge in [0.25, 0.3) is 0 Å². The lowest BCUT2D eigenvalue weighted by atomic mass is 9.90. The van der Waals surface area contributed by atoms with Gasteiger partial charge in [-0.2, -0.15) is 0 Å². The number of amides is 1. The number of aliphatic hydroxyl groups is 1. The Morgan fingerprint density at radius 2 is 1.92 bits per heavy atom. The molecule has 1 heterocycles. The second kappa shape index (κ2) is 9.25. The van der Waals surface area contributed by atoms with E-state index in [-0.39, 0.29) is 24.4 Å². The molecule has 0 radical (unpaired) electrons. The van der Waals surface area contributed by atoms with Crippen LogP contribution in [0, 0.1) is 5.92 Å². The summed E-state index contributed by atoms with van der Waals surface area (Å²) in [5.41, 5.74) is 0.753. The van der Waals surface area contributed by atoms with Crippen molar-refractivity contribution in [2.24, 2.45) is 5.92 Å². The highest BCUT2D eigenvalue weighted by Gasteiger charge is 2.27. The topological polar surface area (TPSA) is 70.6 Å². The molecule has 1 aliphatic carbocycles. The van der Waals surface area contributed by atoms with Gasteiger partial charge in [0.15, 0.2) is 0 Å². The fourth-order valence-electron chi connectivity index (χ4n) is 3.35. The summed E-state index contributed by atoms with van der Waals surface area (Å²) in [6.45, 7) is 1.27. The summed E-state index contributed by atoms with van der Waals surface area (Å²) in [5, 5.41) is 15.3. The highest BCUT2D eigenvalue weighted by molar-refractivity contribution is 5.95. The van der Waals surface area contributed by atoms with E-state index >= 15 is 0 Å². The number of benzene rings is 1. The fraction of sp³-hybridized carbons (Fsp3) is 0.611. The molecule has 3 N–H and O–H groups in total. The molecule has 134 valence electrons. The van der Waals surface area contributed by atoms with Crippen LogP contribution < -0.4 is 15.4 Å². The van der Waals surface area contributed by atoms with Crippen molar-refractivity contribution in [3.8, 4) is 5.75 Å². The van der Waals surface area contributed by atoms with E-state index in [1.54, 1.807) is 0 Å². The Morgan fingerprint density at radius 3 is 2.54 bits per heavy atom.